The van der Waals surface area contributed by atoms with Gasteiger partial charge in [0.2, 0.25) is 0 Å². The Morgan fingerprint density at radius 1 is 1.30 bits per heavy atom. The monoisotopic (exact) mass is 178 g/mol. The lowest BCUT2D eigenvalue weighted by atomic mass is 10.8. The lowest BCUT2D eigenvalue weighted by molar-refractivity contribution is -0.162. The van der Waals surface area contributed by atoms with E-state index < -0.39 is 21.4 Å². The van der Waals surface area contributed by atoms with Crippen LogP contribution in [0.2, 0.25) is 0 Å². The van der Waals surface area contributed by atoms with E-state index >= 15 is 0 Å². The maximum Gasteiger partial charge on any atom is 0.468 e. The second-order valence-electron chi connectivity index (χ2n) is 1.26. The standard InChI is InChI=1S/C2HF3O4S/c3-2(4,5)1(6)10(7,8)9/h(H,7,8,9). The summed E-state index contributed by atoms with van der Waals surface area (Å²) < 4.78 is 59.6. The molecule has 0 atom stereocenters. The molecule has 0 heterocycles. The average Bonchev–Trinajstić information content (AvgIpc) is 1.59. The van der Waals surface area contributed by atoms with Gasteiger partial charge in [0.1, 0.15) is 0 Å². The second-order valence-corrected chi connectivity index (χ2v) is 2.58. The molecule has 8 heteroatoms. The molecule has 0 bridgehead atoms. The van der Waals surface area contributed by atoms with Crippen LogP contribution in [0.25, 0.3) is 0 Å². The van der Waals surface area contributed by atoms with Crippen molar-refractivity contribution in [1.82, 2.24) is 0 Å². The molecule has 60 valence electrons. The Morgan fingerprint density at radius 2 is 1.60 bits per heavy atom. The number of hydrogen-bond donors (Lipinski definition) is 1. The Bertz CT molecular complexity index is 236. The summed E-state index contributed by atoms with van der Waals surface area (Å²) >= 11 is 0. The van der Waals surface area contributed by atoms with Crippen molar-refractivity contribution in [2.75, 3.05) is 0 Å². The molecule has 0 amide bonds. The van der Waals surface area contributed by atoms with Gasteiger partial charge in [-0.05, 0) is 0 Å². The summed E-state index contributed by atoms with van der Waals surface area (Å²) in [5, 5.41) is -3.15. The van der Waals surface area contributed by atoms with Crippen molar-refractivity contribution >= 4 is 15.2 Å². The molecule has 1 N–H and O–H groups in total. The van der Waals surface area contributed by atoms with E-state index in [9.17, 15) is 26.4 Å². The van der Waals surface area contributed by atoms with Gasteiger partial charge in [0.05, 0.1) is 0 Å². The van der Waals surface area contributed by atoms with Gasteiger partial charge >= 0.3 is 21.4 Å². The highest BCUT2D eigenvalue weighted by molar-refractivity contribution is 8.01. The summed E-state index contributed by atoms with van der Waals surface area (Å²) in [4.78, 5) is 9.52. The van der Waals surface area contributed by atoms with E-state index in [4.69, 9.17) is 4.55 Å². The van der Waals surface area contributed by atoms with Gasteiger partial charge < -0.3 is 0 Å². The average molecular weight is 178 g/mol. The molecule has 0 saturated carbocycles. The molecule has 0 radical (unpaired) electrons. The van der Waals surface area contributed by atoms with Crippen molar-refractivity contribution in [2.24, 2.45) is 0 Å². The van der Waals surface area contributed by atoms with Crippen molar-refractivity contribution in [3.05, 3.63) is 0 Å². The second kappa shape index (κ2) is 2.20. The van der Waals surface area contributed by atoms with Crippen LogP contribution in [0.5, 0.6) is 0 Å². The number of rotatable bonds is 0. The molecule has 0 aromatic carbocycles. The number of halogens is 3. The molecule has 0 fully saturated rings. The van der Waals surface area contributed by atoms with E-state index in [1.54, 1.807) is 0 Å². The number of carbonyl (C=O) groups excluding carboxylic acids is 1. The SMILES string of the molecule is O=C(C(F)(F)F)S(=O)(=O)O. The summed E-state index contributed by atoms with van der Waals surface area (Å²) in [6.45, 7) is 0. The van der Waals surface area contributed by atoms with Crippen molar-refractivity contribution in [3.63, 3.8) is 0 Å². The van der Waals surface area contributed by atoms with Gasteiger partial charge in [-0.3, -0.25) is 9.35 Å². The van der Waals surface area contributed by atoms with Crippen LogP contribution in [-0.2, 0) is 14.9 Å². The fourth-order valence-corrected chi connectivity index (χ4v) is 0.439. The quantitative estimate of drug-likeness (QED) is 0.528. The van der Waals surface area contributed by atoms with Gasteiger partial charge in [0.15, 0.2) is 0 Å². The topological polar surface area (TPSA) is 71.4 Å². The van der Waals surface area contributed by atoms with Crippen LogP contribution in [0.3, 0.4) is 0 Å². The summed E-state index contributed by atoms with van der Waals surface area (Å²) in [6.07, 6.45) is -5.53. The minimum atomic E-state index is -5.62. The van der Waals surface area contributed by atoms with Crippen LogP contribution in [0.15, 0.2) is 0 Å². The van der Waals surface area contributed by atoms with Gasteiger partial charge in [-0.1, -0.05) is 0 Å². The van der Waals surface area contributed by atoms with E-state index in [1.807, 2.05) is 0 Å². The van der Waals surface area contributed by atoms with Crippen molar-refractivity contribution in [1.29, 1.82) is 0 Å². The summed E-state index contributed by atoms with van der Waals surface area (Å²) in [5.41, 5.74) is 0. The number of hydrogen-bond acceptors (Lipinski definition) is 3. The zero-order valence-corrected chi connectivity index (χ0v) is 5.03. The fraction of sp³-hybridized carbons (Fsp3) is 0.500. The minimum absolute atomic E-state index is 3.15. The van der Waals surface area contributed by atoms with E-state index in [-0.39, 0.29) is 0 Å². The van der Waals surface area contributed by atoms with Gasteiger partial charge in [-0.2, -0.15) is 21.6 Å². The van der Waals surface area contributed by atoms with E-state index in [1.165, 1.54) is 0 Å². The van der Waals surface area contributed by atoms with E-state index in [0.29, 0.717) is 0 Å². The van der Waals surface area contributed by atoms with Gasteiger partial charge in [-0.25, -0.2) is 0 Å². The Labute approximate surface area is 53.4 Å². The molecule has 0 aliphatic rings. The molecule has 0 aliphatic heterocycles. The zero-order chi connectivity index (χ0) is 8.58. The van der Waals surface area contributed by atoms with Crippen LogP contribution >= 0.6 is 0 Å². The lowest BCUT2D eigenvalue weighted by Gasteiger charge is -1.99. The van der Waals surface area contributed by atoms with Crippen LogP contribution in [0.4, 0.5) is 13.2 Å². The zero-order valence-electron chi connectivity index (χ0n) is 4.21. The molecular weight excluding hydrogens is 177 g/mol. The molecule has 4 nitrogen and oxygen atoms in total. The normalized spacial score (nSPS) is 13.2. The van der Waals surface area contributed by atoms with E-state index in [2.05, 4.69) is 0 Å². The highest BCUT2D eigenvalue weighted by Crippen LogP contribution is 2.18. The predicted octanol–water partition coefficient (Wildman–Crippen LogP) is -0.0369. The molecule has 0 spiro atoms. The van der Waals surface area contributed by atoms with Crippen molar-refractivity contribution < 1.29 is 30.9 Å². The third kappa shape index (κ3) is 2.31. The number of carbonyl (C=O) groups is 1. The molecule has 0 rings (SSSR count). The molecule has 0 saturated heterocycles. The Balaban J connectivity index is 4.75. The predicted molar refractivity (Wildman–Crippen MR) is 22.6 cm³/mol. The minimum Gasteiger partial charge on any atom is -0.279 e. The highest BCUT2D eigenvalue weighted by Gasteiger charge is 2.46. The molecule has 0 aromatic rings. The summed E-state index contributed by atoms with van der Waals surface area (Å²) in [7, 11) is -5.62. The molecular formula is C2HF3O4S. The fourth-order valence-electron chi connectivity index (χ4n) is 0.146. The summed E-state index contributed by atoms with van der Waals surface area (Å²) in [5.74, 6) is 0. The first-order chi connectivity index (χ1) is 4.15. The smallest absolute Gasteiger partial charge is 0.279 e. The Kier molecular flexibility index (Phi) is 2.06. The summed E-state index contributed by atoms with van der Waals surface area (Å²) in [6, 6.07) is 0. The molecule has 0 aromatic heterocycles. The first-order valence-corrected chi connectivity index (χ1v) is 3.18. The molecule has 0 unspecified atom stereocenters. The third-order valence-corrected chi connectivity index (χ3v) is 1.17. The van der Waals surface area contributed by atoms with Gasteiger partial charge in [-0.15, -0.1) is 0 Å². The molecule has 0 aliphatic carbocycles. The van der Waals surface area contributed by atoms with Crippen LogP contribution < -0.4 is 0 Å². The van der Waals surface area contributed by atoms with Crippen molar-refractivity contribution in [2.45, 2.75) is 6.18 Å². The van der Waals surface area contributed by atoms with Crippen molar-refractivity contribution in [3.8, 4) is 0 Å². The van der Waals surface area contributed by atoms with Gasteiger partial charge in [0.25, 0.3) is 0 Å². The first-order valence-electron chi connectivity index (χ1n) is 1.74. The maximum absolute atomic E-state index is 11.1. The first kappa shape index (κ1) is 9.37. The lowest BCUT2D eigenvalue weighted by Crippen LogP contribution is -2.30. The largest absolute Gasteiger partial charge is 0.468 e. The Morgan fingerprint density at radius 3 is 1.60 bits per heavy atom. The number of alkyl halides is 3. The third-order valence-electron chi connectivity index (χ3n) is 0.466. The highest BCUT2D eigenvalue weighted by atomic mass is 32.2. The Hall–Kier alpha value is -0.630. The maximum atomic E-state index is 11.1. The van der Waals surface area contributed by atoms with Crippen LogP contribution in [0.1, 0.15) is 0 Å². The van der Waals surface area contributed by atoms with Gasteiger partial charge in [0, 0.05) is 0 Å². The van der Waals surface area contributed by atoms with E-state index in [0.717, 1.165) is 0 Å². The molecule has 10 heavy (non-hydrogen) atoms. The van der Waals surface area contributed by atoms with Crippen LogP contribution in [-0.4, -0.2) is 24.3 Å². The van der Waals surface area contributed by atoms with Crippen LogP contribution in [0, 0.1) is 0 Å².